The number of hydrogen-bond acceptors (Lipinski definition) is 3. The van der Waals surface area contributed by atoms with Crippen molar-refractivity contribution in [2.45, 2.75) is 64.1 Å². The maximum absolute atomic E-state index is 8.94. The fourth-order valence-corrected chi connectivity index (χ4v) is 4.02. The van der Waals surface area contributed by atoms with Crippen LogP contribution in [0.2, 0.25) is 5.04 Å². The molecule has 2 rings (SSSR count). The molecule has 0 spiro atoms. The van der Waals surface area contributed by atoms with Crippen LogP contribution in [0.4, 0.5) is 5.69 Å². The fourth-order valence-electron chi connectivity index (χ4n) is 3.02. The van der Waals surface area contributed by atoms with Crippen molar-refractivity contribution in [3.05, 3.63) is 29.8 Å². The summed E-state index contributed by atoms with van der Waals surface area (Å²) in [4.78, 5) is 2.46. The summed E-state index contributed by atoms with van der Waals surface area (Å²) >= 11 is 0. The van der Waals surface area contributed by atoms with E-state index in [1.807, 2.05) is 12.1 Å². The molecule has 0 radical (unpaired) electrons. The number of benzene rings is 1. The van der Waals surface area contributed by atoms with Crippen molar-refractivity contribution in [3.63, 3.8) is 0 Å². The Balaban J connectivity index is 2.13. The van der Waals surface area contributed by atoms with Crippen molar-refractivity contribution in [2.75, 3.05) is 11.4 Å². The van der Waals surface area contributed by atoms with Crippen molar-refractivity contribution >= 4 is 15.5 Å². The van der Waals surface area contributed by atoms with Crippen molar-refractivity contribution in [3.8, 4) is 6.07 Å². The van der Waals surface area contributed by atoms with Gasteiger partial charge in [-0.25, -0.2) is 0 Å². The Labute approximate surface area is 137 Å². The molecule has 1 aromatic carbocycles. The van der Waals surface area contributed by atoms with Gasteiger partial charge in [-0.05, 0) is 56.0 Å². The minimum absolute atomic E-state index is 0.121. The number of anilines is 1. The summed E-state index contributed by atoms with van der Waals surface area (Å²) in [5.41, 5.74) is 1.80. The van der Waals surface area contributed by atoms with Gasteiger partial charge in [0.05, 0.1) is 23.3 Å². The third-order valence-corrected chi connectivity index (χ3v) is 6.01. The lowest BCUT2D eigenvalue weighted by Gasteiger charge is -2.40. The molecule has 0 N–H and O–H groups in total. The number of rotatable bonds is 4. The normalized spacial score (nSPS) is 19.8. The highest BCUT2D eigenvalue weighted by molar-refractivity contribution is 6.31. The smallest absolute Gasteiger partial charge is 0.167 e. The zero-order valence-corrected chi connectivity index (χ0v) is 15.9. The Kier molecular flexibility index (Phi) is 4.99. The summed E-state index contributed by atoms with van der Waals surface area (Å²) in [6.07, 6.45) is 2.38. The Morgan fingerprint density at radius 2 is 1.82 bits per heavy atom. The molecule has 0 aliphatic carbocycles. The summed E-state index contributed by atoms with van der Waals surface area (Å²) in [5, 5.41) is 9.26. The van der Waals surface area contributed by atoms with Gasteiger partial charge in [0.1, 0.15) is 0 Å². The molecular weight excluding hydrogens is 288 g/mol. The van der Waals surface area contributed by atoms with Gasteiger partial charge in [-0.15, -0.1) is 0 Å². The molecule has 22 heavy (non-hydrogen) atoms. The van der Waals surface area contributed by atoms with E-state index < -0.39 is 9.76 Å². The summed E-state index contributed by atoms with van der Waals surface area (Å²) in [7, 11) is -0.571. The lowest BCUT2D eigenvalue weighted by molar-refractivity contribution is 0.0812. The molecule has 120 valence electrons. The van der Waals surface area contributed by atoms with Gasteiger partial charge in [0.2, 0.25) is 0 Å². The first kappa shape index (κ1) is 17.0. The number of nitriles is 1. The van der Waals surface area contributed by atoms with E-state index >= 15 is 0 Å². The van der Waals surface area contributed by atoms with Gasteiger partial charge < -0.3 is 9.33 Å². The molecule has 0 amide bonds. The van der Waals surface area contributed by atoms with Crippen LogP contribution in [0.5, 0.6) is 0 Å². The minimum Gasteiger partial charge on any atom is -0.416 e. The van der Waals surface area contributed by atoms with E-state index in [0.717, 1.165) is 12.1 Å². The van der Waals surface area contributed by atoms with Crippen LogP contribution in [-0.4, -0.2) is 28.0 Å². The van der Waals surface area contributed by atoms with Gasteiger partial charge in [0.25, 0.3) is 0 Å². The second-order valence-electron chi connectivity index (χ2n) is 7.96. The molecule has 0 unspecified atom stereocenters. The van der Waals surface area contributed by atoms with Crippen LogP contribution in [0.15, 0.2) is 24.3 Å². The molecule has 1 aliphatic heterocycles. The first-order valence-corrected chi connectivity index (χ1v) is 9.42. The van der Waals surface area contributed by atoms with Crippen molar-refractivity contribution in [1.82, 2.24) is 0 Å². The molecule has 0 bridgehead atoms. The van der Waals surface area contributed by atoms with Crippen LogP contribution in [0.25, 0.3) is 0 Å². The van der Waals surface area contributed by atoms with E-state index in [4.69, 9.17) is 9.69 Å². The third kappa shape index (κ3) is 4.12. The summed E-state index contributed by atoms with van der Waals surface area (Å²) < 4.78 is 6.42. The average Bonchev–Trinajstić information content (AvgIpc) is 2.95. The topological polar surface area (TPSA) is 36.3 Å². The molecule has 1 heterocycles. The predicted octanol–water partition coefficient (Wildman–Crippen LogP) is 3.62. The highest BCUT2D eigenvalue weighted by Crippen LogP contribution is 2.35. The Bertz CT molecular complexity index is 540. The largest absolute Gasteiger partial charge is 0.416 e. The Hall–Kier alpha value is -1.31. The van der Waals surface area contributed by atoms with Gasteiger partial charge in [-0.1, -0.05) is 20.8 Å². The van der Waals surface area contributed by atoms with Crippen LogP contribution < -0.4 is 4.90 Å². The average molecular weight is 317 g/mol. The van der Waals surface area contributed by atoms with Gasteiger partial charge >= 0.3 is 0 Å². The van der Waals surface area contributed by atoms with Crippen LogP contribution >= 0.6 is 0 Å². The molecule has 1 aliphatic rings. The second-order valence-corrected chi connectivity index (χ2v) is 10.7. The van der Waals surface area contributed by atoms with Gasteiger partial charge in [0, 0.05) is 12.2 Å². The Morgan fingerprint density at radius 1 is 1.18 bits per heavy atom. The van der Waals surface area contributed by atoms with Gasteiger partial charge in [-0.2, -0.15) is 5.26 Å². The van der Waals surface area contributed by atoms with E-state index in [1.54, 1.807) is 0 Å². The predicted molar refractivity (Wildman–Crippen MR) is 94.9 cm³/mol. The molecule has 3 nitrogen and oxygen atoms in total. The van der Waals surface area contributed by atoms with Crippen molar-refractivity contribution in [1.29, 1.82) is 5.26 Å². The van der Waals surface area contributed by atoms with E-state index in [-0.39, 0.29) is 5.60 Å². The van der Waals surface area contributed by atoms with E-state index in [0.29, 0.717) is 11.1 Å². The molecule has 4 heteroatoms. The monoisotopic (exact) mass is 316 g/mol. The zero-order chi connectivity index (χ0) is 16.4. The molecular formula is C18H28N2OSi. The molecule has 1 saturated heterocycles. The molecule has 0 aromatic heterocycles. The summed E-state index contributed by atoms with van der Waals surface area (Å²) in [6.45, 7) is 12.3. The first-order valence-electron chi connectivity index (χ1n) is 8.14. The lowest BCUT2D eigenvalue weighted by atomic mass is 9.96. The summed E-state index contributed by atoms with van der Waals surface area (Å²) in [6, 6.07) is 10.5. The Morgan fingerprint density at radius 3 is 2.36 bits per heavy atom. The molecule has 1 aromatic rings. The molecule has 1 atom stereocenters. The van der Waals surface area contributed by atoms with Crippen molar-refractivity contribution < 1.29 is 4.43 Å². The fraction of sp³-hybridized carbons (Fsp3) is 0.611. The van der Waals surface area contributed by atoms with Gasteiger partial charge in [0.15, 0.2) is 9.76 Å². The number of hydrogen-bond donors (Lipinski definition) is 0. The van der Waals surface area contributed by atoms with Crippen LogP contribution in [0.1, 0.15) is 53.0 Å². The van der Waals surface area contributed by atoms with E-state index in [2.05, 4.69) is 57.7 Å². The van der Waals surface area contributed by atoms with E-state index in [9.17, 15) is 0 Å². The highest BCUT2D eigenvalue weighted by Gasteiger charge is 2.38. The van der Waals surface area contributed by atoms with Crippen molar-refractivity contribution in [2.24, 2.45) is 0 Å². The number of nitrogens with zero attached hydrogens (tertiary/aromatic N) is 2. The van der Waals surface area contributed by atoms with Crippen LogP contribution in [0, 0.1) is 11.3 Å². The molecule has 0 saturated carbocycles. The van der Waals surface area contributed by atoms with Crippen LogP contribution in [-0.2, 0) is 4.43 Å². The lowest BCUT2D eigenvalue weighted by Crippen LogP contribution is -2.49. The standard InChI is InChI=1S/C18H28N2OSi/c1-17(2,3)22-21-18(4,5)16-7-6-12-20(16)15-10-8-14(13-19)9-11-15/h8-11,16H,6-7,12,22H2,1-5H3/t16-/m1/s1. The quantitative estimate of drug-likeness (QED) is 0.796. The molecule has 1 fully saturated rings. The zero-order valence-electron chi connectivity index (χ0n) is 14.5. The van der Waals surface area contributed by atoms with Gasteiger partial charge in [-0.3, -0.25) is 0 Å². The second kappa shape index (κ2) is 6.43. The van der Waals surface area contributed by atoms with E-state index in [1.165, 1.54) is 18.5 Å². The SMILES string of the molecule is CC(C)(C)[SiH2]OC(C)(C)[C@H]1CCCN1c1ccc(C#N)cc1. The third-order valence-electron chi connectivity index (χ3n) is 4.26. The van der Waals surface area contributed by atoms with Crippen LogP contribution in [0.3, 0.4) is 0 Å². The maximum Gasteiger partial charge on any atom is 0.167 e. The highest BCUT2D eigenvalue weighted by atomic mass is 28.2. The first-order chi connectivity index (χ1) is 10.2. The maximum atomic E-state index is 8.94. The minimum atomic E-state index is -0.571. The summed E-state index contributed by atoms with van der Waals surface area (Å²) in [5.74, 6) is 0.